The van der Waals surface area contributed by atoms with Crippen molar-refractivity contribution in [3.63, 3.8) is 0 Å². The first-order chi connectivity index (χ1) is 32.0. The molecule has 0 saturated carbocycles. The molecule has 0 saturated heterocycles. The number of carbonyl (C=O) groups is 7. The molecule has 0 aliphatic heterocycles. The molecule has 22 heteroatoms. The molecule has 2 aromatic heterocycles. The molecule has 0 radical (unpaired) electrons. The number of aromatic hydroxyl groups is 1. The summed E-state index contributed by atoms with van der Waals surface area (Å²) < 4.78 is 0. The molecule has 5 rings (SSSR count). The summed E-state index contributed by atoms with van der Waals surface area (Å²) in [7, 11) is 0. The first-order valence-corrected chi connectivity index (χ1v) is 21.6. The number of phenols is 1. The van der Waals surface area contributed by atoms with E-state index in [-0.39, 0.29) is 44.2 Å². The zero-order valence-corrected chi connectivity index (χ0v) is 36.7. The second-order valence-corrected chi connectivity index (χ2v) is 16.1. The van der Waals surface area contributed by atoms with Crippen molar-refractivity contribution in [2.45, 2.75) is 94.5 Å². The van der Waals surface area contributed by atoms with Crippen LogP contribution in [0.15, 0.2) is 79.1 Å². The Balaban J connectivity index is 1.48. The summed E-state index contributed by atoms with van der Waals surface area (Å²) in [5, 5.41) is 36.4. The molecule has 5 aromatic rings. The second-order valence-electron chi connectivity index (χ2n) is 16.1. The SMILES string of the molecule is CCC(NC(=O)[C@H](Cc1ccc(O)c([N+](=O)[O-])c1)NC(=O)[C@H](CCCCN)NC(=O)[C@H](Cc1c[nH]c2ccccc12)NC(=O)[C@H](Cc1c[nH]c2ccccc12)NC(=O)[C@H](N)CC(N)=O)C(N)=O. The van der Waals surface area contributed by atoms with Crippen LogP contribution < -0.4 is 49.5 Å². The number of nitro benzene ring substituents is 1. The highest BCUT2D eigenvalue weighted by Crippen LogP contribution is 2.27. The van der Waals surface area contributed by atoms with Crippen LogP contribution in [0.25, 0.3) is 21.8 Å². The maximum atomic E-state index is 14.6. The van der Waals surface area contributed by atoms with E-state index in [2.05, 4.69) is 36.6 Å². The number of nitrogens with zero attached hydrogens (tertiary/aromatic N) is 1. The molecular weight excluding hydrogens is 869 g/mol. The lowest BCUT2D eigenvalue weighted by atomic mass is 10.00. The Labute approximate surface area is 383 Å². The smallest absolute Gasteiger partial charge is 0.310 e. The summed E-state index contributed by atoms with van der Waals surface area (Å²) in [5.41, 5.74) is 24.8. The van der Waals surface area contributed by atoms with Gasteiger partial charge in [0.2, 0.25) is 41.4 Å². The number of amides is 7. The number of carbonyl (C=O) groups excluding carboxylic acids is 7. The van der Waals surface area contributed by atoms with E-state index in [4.69, 9.17) is 22.9 Å². The fourth-order valence-corrected chi connectivity index (χ4v) is 7.56. The van der Waals surface area contributed by atoms with Gasteiger partial charge in [0.1, 0.15) is 30.2 Å². The summed E-state index contributed by atoms with van der Waals surface area (Å²) in [6, 6.07) is 9.78. The molecule has 6 atom stereocenters. The van der Waals surface area contributed by atoms with Crippen molar-refractivity contribution >= 4 is 68.8 Å². The second kappa shape index (κ2) is 23.4. The zero-order valence-electron chi connectivity index (χ0n) is 36.7. The zero-order chi connectivity index (χ0) is 48.8. The molecule has 7 amide bonds. The summed E-state index contributed by atoms with van der Waals surface area (Å²) in [6.45, 7) is 1.84. The molecule has 3 aromatic carbocycles. The van der Waals surface area contributed by atoms with E-state index in [9.17, 15) is 48.8 Å². The Bertz CT molecular complexity index is 2610. The van der Waals surface area contributed by atoms with Gasteiger partial charge in [-0.2, -0.15) is 0 Å². The number of nitro groups is 1. The van der Waals surface area contributed by atoms with Crippen molar-refractivity contribution in [1.29, 1.82) is 0 Å². The lowest BCUT2D eigenvalue weighted by molar-refractivity contribution is -0.385. The highest BCUT2D eigenvalue weighted by molar-refractivity contribution is 5.98. The number of nitrogens with one attached hydrogen (secondary N) is 7. The third-order valence-electron chi connectivity index (χ3n) is 11.2. The van der Waals surface area contributed by atoms with Crippen molar-refractivity contribution in [3.8, 4) is 5.75 Å². The van der Waals surface area contributed by atoms with Crippen molar-refractivity contribution < 1.29 is 43.6 Å². The maximum absolute atomic E-state index is 14.6. The van der Waals surface area contributed by atoms with Crippen LogP contribution in [-0.2, 0) is 52.8 Å². The molecule has 16 N–H and O–H groups in total. The average molecular weight is 925 g/mol. The molecule has 67 heavy (non-hydrogen) atoms. The summed E-state index contributed by atoms with van der Waals surface area (Å²) in [4.78, 5) is 111. The van der Waals surface area contributed by atoms with Crippen LogP contribution in [0.3, 0.4) is 0 Å². The minimum absolute atomic E-state index is 0.00257. The maximum Gasteiger partial charge on any atom is 0.310 e. The van der Waals surface area contributed by atoms with Crippen LogP contribution in [-0.4, -0.2) is 104 Å². The number of primary amides is 2. The third kappa shape index (κ3) is 13.6. The quantitative estimate of drug-likeness (QED) is 0.0208. The normalized spacial score (nSPS) is 13.9. The van der Waals surface area contributed by atoms with E-state index in [1.807, 2.05) is 36.4 Å². The highest BCUT2D eigenvalue weighted by atomic mass is 16.6. The number of hydrogen-bond acceptors (Lipinski definition) is 12. The number of phenolic OH excluding ortho intramolecular Hbond substituents is 1. The molecule has 0 fully saturated rings. The predicted octanol–water partition coefficient (Wildman–Crippen LogP) is -0.0581. The molecule has 2 heterocycles. The van der Waals surface area contributed by atoms with Crippen LogP contribution in [0.1, 0.15) is 55.7 Å². The lowest BCUT2D eigenvalue weighted by Crippen LogP contribution is -2.60. The molecule has 1 unspecified atom stereocenters. The summed E-state index contributed by atoms with van der Waals surface area (Å²) >= 11 is 0. The van der Waals surface area contributed by atoms with E-state index in [0.717, 1.165) is 33.9 Å². The number of fused-ring (bicyclic) bond motifs is 2. The number of hydrogen-bond donors (Lipinski definition) is 12. The Morgan fingerprint density at radius 1 is 0.672 bits per heavy atom. The molecule has 356 valence electrons. The van der Waals surface area contributed by atoms with Crippen LogP contribution in [0.5, 0.6) is 5.75 Å². The van der Waals surface area contributed by atoms with Crippen LogP contribution >= 0.6 is 0 Å². The lowest BCUT2D eigenvalue weighted by Gasteiger charge is -2.27. The first-order valence-electron chi connectivity index (χ1n) is 21.6. The number of nitrogens with two attached hydrogens (primary N) is 4. The van der Waals surface area contributed by atoms with E-state index in [0.29, 0.717) is 24.0 Å². The van der Waals surface area contributed by atoms with Gasteiger partial charge in [-0.15, -0.1) is 0 Å². The fraction of sp³-hybridized carbons (Fsp3) is 0.356. The standard InChI is InChI=1S/C45H56N12O10/c1-2-30(40(49)60)52-43(63)34(17-24-14-15-38(58)37(18-24)57(66)67)55-42(62)33(13-7-8-16-46)53-44(64)36(20-26-23-51-32-12-6-4-10-28(26)32)56-45(65)35(54-41(61)29(47)21-39(48)59)19-25-22-50-31-11-5-3-9-27(25)31/h3-6,9-12,14-15,18,22-23,29-30,33-36,50-51,58H,2,7-8,13,16-17,19-21,46-47H2,1H3,(H2,48,59)(H2,49,60)(H,52,63)(H,53,64)(H,54,61)(H,55,62)(H,56,65)/t29-,30?,33+,34+,35+,36+/m1/s1. The van der Waals surface area contributed by atoms with Crippen LogP contribution in [0.2, 0.25) is 0 Å². The Morgan fingerprint density at radius 3 is 1.64 bits per heavy atom. The van der Waals surface area contributed by atoms with Gasteiger partial charge < -0.3 is 64.6 Å². The van der Waals surface area contributed by atoms with Crippen LogP contribution in [0, 0.1) is 10.1 Å². The number of aromatic amines is 2. The Morgan fingerprint density at radius 2 is 1.15 bits per heavy atom. The van der Waals surface area contributed by atoms with Crippen molar-refractivity contribution in [1.82, 2.24) is 36.6 Å². The van der Waals surface area contributed by atoms with Crippen LogP contribution in [0.4, 0.5) is 5.69 Å². The van der Waals surface area contributed by atoms with Gasteiger partial charge in [0, 0.05) is 59.5 Å². The first kappa shape index (κ1) is 50.2. The number of unbranched alkanes of at least 4 members (excludes halogenated alkanes) is 1. The van der Waals surface area contributed by atoms with Gasteiger partial charge in [-0.25, -0.2) is 0 Å². The van der Waals surface area contributed by atoms with Gasteiger partial charge >= 0.3 is 5.69 Å². The molecule has 0 aliphatic carbocycles. The van der Waals surface area contributed by atoms with Gasteiger partial charge in [0.25, 0.3) is 0 Å². The monoisotopic (exact) mass is 924 g/mol. The number of H-pyrrole nitrogens is 2. The molecule has 0 bridgehead atoms. The Hall–Kier alpha value is -7.85. The molecule has 0 aliphatic rings. The number of benzene rings is 3. The van der Waals surface area contributed by atoms with E-state index in [1.165, 1.54) is 6.07 Å². The fourth-order valence-electron chi connectivity index (χ4n) is 7.56. The predicted molar refractivity (Wildman–Crippen MR) is 246 cm³/mol. The molecular formula is C45H56N12O10. The number of aromatic nitrogens is 2. The van der Waals surface area contributed by atoms with Gasteiger partial charge in [0.05, 0.1) is 17.4 Å². The summed E-state index contributed by atoms with van der Waals surface area (Å²) in [6.07, 6.45) is 3.12. The van der Waals surface area contributed by atoms with Gasteiger partial charge in [0.15, 0.2) is 5.75 Å². The average Bonchev–Trinajstić information content (AvgIpc) is 3.90. The topological polar surface area (TPSA) is 379 Å². The van der Waals surface area contributed by atoms with Crippen molar-refractivity contribution in [2.24, 2.45) is 22.9 Å². The van der Waals surface area contributed by atoms with E-state index < -0.39 is 100 Å². The Kier molecular flexibility index (Phi) is 17.5. The minimum Gasteiger partial charge on any atom is -0.502 e. The minimum atomic E-state index is -1.49. The molecule has 22 nitrogen and oxygen atoms in total. The summed E-state index contributed by atoms with van der Waals surface area (Å²) in [5.74, 6) is -6.55. The van der Waals surface area contributed by atoms with E-state index >= 15 is 0 Å². The van der Waals surface area contributed by atoms with E-state index in [1.54, 1.807) is 31.5 Å². The van der Waals surface area contributed by atoms with Crippen molar-refractivity contribution in [3.05, 3.63) is 106 Å². The van der Waals surface area contributed by atoms with Crippen molar-refractivity contribution in [2.75, 3.05) is 6.54 Å². The van der Waals surface area contributed by atoms with Gasteiger partial charge in [-0.3, -0.25) is 43.7 Å². The highest BCUT2D eigenvalue weighted by Gasteiger charge is 2.34. The third-order valence-corrected chi connectivity index (χ3v) is 11.2. The number of para-hydroxylation sites is 2. The van der Waals surface area contributed by atoms with Gasteiger partial charge in [-0.05, 0) is 67.1 Å². The van der Waals surface area contributed by atoms with Gasteiger partial charge in [-0.1, -0.05) is 49.4 Å². The molecule has 0 spiro atoms. The number of rotatable bonds is 25. The largest absolute Gasteiger partial charge is 0.502 e.